The number of aryl methyl sites for hydroxylation is 1. The summed E-state index contributed by atoms with van der Waals surface area (Å²) >= 11 is 1.60. The van der Waals surface area contributed by atoms with Crippen molar-refractivity contribution < 1.29 is 4.79 Å². The number of hydrogen-bond donors (Lipinski definition) is 0. The number of aromatic nitrogens is 2. The Morgan fingerprint density at radius 2 is 2.50 bits per heavy atom. The summed E-state index contributed by atoms with van der Waals surface area (Å²) < 4.78 is 1.78. The standard InChI is InChI=1S/C10H10N2OS/c1-8-9(2-5-14-8)10(13)6-12-4-3-11-7-12/h2-5,7H,6H2,1H3. The molecule has 2 rings (SSSR count). The maximum atomic E-state index is 11.8. The third-order valence-corrected chi connectivity index (χ3v) is 2.89. The van der Waals surface area contributed by atoms with Crippen LogP contribution in [0.1, 0.15) is 15.2 Å². The average Bonchev–Trinajstić information content (AvgIpc) is 2.75. The fourth-order valence-corrected chi connectivity index (χ4v) is 2.02. The summed E-state index contributed by atoms with van der Waals surface area (Å²) in [6.45, 7) is 2.34. The van der Waals surface area contributed by atoms with E-state index in [0.717, 1.165) is 10.4 Å². The Kier molecular flexibility index (Phi) is 2.45. The quantitative estimate of drug-likeness (QED) is 0.721. The molecule has 2 aromatic rings. The topological polar surface area (TPSA) is 34.9 Å². The molecule has 3 nitrogen and oxygen atoms in total. The first kappa shape index (κ1) is 9.15. The molecule has 0 aliphatic heterocycles. The third-order valence-electron chi connectivity index (χ3n) is 2.04. The summed E-state index contributed by atoms with van der Waals surface area (Å²) in [6.07, 6.45) is 5.12. The Morgan fingerprint density at radius 1 is 1.64 bits per heavy atom. The lowest BCUT2D eigenvalue weighted by atomic mass is 10.2. The molecule has 0 aromatic carbocycles. The first-order chi connectivity index (χ1) is 6.77. The predicted molar refractivity (Wildman–Crippen MR) is 55.6 cm³/mol. The van der Waals surface area contributed by atoms with E-state index in [2.05, 4.69) is 4.98 Å². The number of imidazole rings is 1. The largest absolute Gasteiger partial charge is 0.330 e. The fraction of sp³-hybridized carbons (Fsp3) is 0.200. The van der Waals surface area contributed by atoms with Crippen LogP contribution in [0.2, 0.25) is 0 Å². The summed E-state index contributed by atoms with van der Waals surface area (Å²) in [5.41, 5.74) is 0.823. The molecule has 0 fully saturated rings. The van der Waals surface area contributed by atoms with Crippen LogP contribution in [0.5, 0.6) is 0 Å². The smallest absolute Gasteiger partial charge is 0.183 e. The van der Waals surface area contributed by atoms with E-state index in [9.17, 15) is 4.79 Å². The molecule has 14 heavy (non-hydrogen) atoms. The normalized spacial score (nSPS) is 10.4. The van der Waals surface area contributed by atoms with Gasteiger partial charge in [0.05, 0.1) is 12.9 Å². The minimum atomic E-state index is 0.141. The highest BCUT2D eigenvalue weighted by Gasteiger charge is 2.09. The Balaban J connectivity index is 2.14. The van der Waals surface area contributed by atoms with E-state index in [-0.39, 0.29) is 5.78 Å². The zero-order valence-corrected chi connectivity index (χ0v) is 8.62. The van der Waals surface area contributed by atoms with Crippen molar-refractivity contribution in [1.82, 2.24) is 9.55 Å². The summed E-state index contributed by atoms with van der Waals surface area (Å²) in [7, 11) is 0. The summed E-state index contributed by atoms with van der Waals surface area (Å²) in [4.78, 5) is 16.7. The zero-order chi connectivity index (χ0) is 9.97. The van der Waals surface area contributed by atoms with Gasteiger partial charge in [-0.25, -0.2) is 4.98 Å². The van der Waals surface area contributed by atoms with Gasteiger partial charge in [0, 0.05) is 22.8 Å². The van der Waals surface area contributed by atoms with Crippen LogP contribution in [0.3, 0.4) is 0 Å². The molecule has 0 unspecified atom stereocenters. The zero-order valence-electron chi connectivity index (χ0n) is 7.80. The molecule has 0 bridgehead atoms. The summed E-state index contributed by atoms with van der Waals surface area (Å²) in [6, 6.07) is 1.87. The van der Waals surface area contributed by atoms with Crippen molar-refractivity contribution in [3.05, 3.63) is 40.6 Å². The lowest BCUT2D eigenvalue weighted by Crippen LogP contribution is -2.08. The highest BCUT2D eigenvalue weighted by molar-refractivity contribution is 7.10. The number of ketones is 1. The number of rotatable bonds is 3. The highest BCUT2D eigenvalue weighted by Crippen LogP contribution is 2.16. The maximum absolute atomic E-state index is 11.8. The molecule has 0 spiro atoms. The maximum Gasteiger partial charge on any atom is 0.183 e. The highest BCUT2D eigenvalue weighted by atomic mass is 32.1. The van der Waals surface area contributed by atoms with Gasteiger partial charge >= 0.3 is 0 Å². The fourth-order valence-electron chi connectivity index (χ4n) is 1.31. The number of nitrogens with zero attached hydrogens (tertiary/aromatic N) is 2. The molecule has 4 heteroatoms. The van der Waals surface area contributed by atoms with Crippen LogP contribution in [0.25, 0.3) is 0 Å². The first-order valence-corrected chi connectivity index (χ1v) is 5.18. The molecule has 0 amide bonds. The molecule has 0 radical (unpaired) electrons. The van der Waals surface area contributed by atoms with Gasteiger partial charge in [0.15, 0.2) is 5.78 Å². The van der Waals surface area contributed by atoms with Crippen LogP contribution in [0.4, 0.5) is 0 Å². The Bertz CT molecular complexity index is 431. The molecular weight excluding hydrogens is 196 g/mol. The second kappa shape index (κ2) is 3.75. The van der Waals surface area contributed by atoms with Gasteiger partial charge in [0.25, 0.3) is 0 Å². The van der Waals surface area contributed by atoms with Crippen molar-refractivity contribution in [2.75, 3.05) is 0 Å². The van der Waals surface area contributed by atoms with Crippen LogP contribution in [-0.4, -0.2) is 15.3 Å². The molecule has 0 N–H and O–H groups in total. The van der Waals surface area contributed by atoms with Crippen LogP contribution in [0.15, 0.2) is 30.2 Å². The van der Waals surface area contributed by atoms with Crippen LogP contribution in [0, 0.1) is 6.92 Å². The van der Waals surface area contributed by atoms with Crippen molar-refractivity contribution in [2.45, 2.75) is 13.5 Å². The molecule has 2 heterocycles. The Morgan fingerprint density at radius 3 is 3.07 bits per heavy atom. The van der Waals surface area contributed by atoms with Crippen molar-refractivity contribution in [3.63, 3.8) is 0 Å². The van der Waals surface area contributed by atoms with Crippen molar-refractivity contribution in [3.8, 4) is 0 Å². The van der Waals surface area contributed by atoms with Crippen LogP contribution in [-0.2, 0) is 6.54 Å². The van der Waals surface area contributed by atoms with E-state index in [1.54, 1.807) is 34.6 Å². The van der Waals surface area contributed by atoms with Gasteiger partial charge in [-0.3, -0.25) is 4.79 Å². The first-order valence-electron chi connectivity index (χ1n) is 4.30. The van der Waals surface area contributed by atoms with Gasteiger partial charge in [0.1, 0.15) is 0 Å². The van der Waals surface area contributed by atoms with E-state index in [4.69, 9.17) is 0 Å². The SMILES string of the molecule is Cc1sccc1C(=O)Cn1ccnc1. The lowest BCUT2D eigenvalue weighted by Gasteiger charge is -2.00. The molecule has 2 aromatic heterocycles. The van der Waals surface area contributed by atoms with E-state index < -0.39 is 0 Å². The Labute approximate surface area is 86.0 Å². The summed E-state index contributed by atoms with van der Waals surface area (Å²) in [5.74, 6) is 0.141. The minimum absolute atomic E-state index is 0.141. The number of carbonyl (C=O) groups is 1. The molecule has 72 valence electrons. The van der Waals surface area contributed by atoms with Gasteiger partial charge in [-0.05, 0) is 18.4 Å². The van der Waals surface area contributed by atoms with Gasteiger partial charge in [-0.1, -0.05) is 0 Å². The van der Waals surface area contributed by atoms with Crippen LogP contribution >= 0.6 is 11.3 Å². The van der Waals surface area contributed by atoms with Gasteiger partial charge in [-0.15, -0.1) is 11.3 Å². The van der Waals surface area contributed by atoms with Crippen molar-refractivity contribution in [2.24, 2.45) is 0 Å². The number of hydrogen-bond acceptors (Lipinski definition) is 3. The van der Waals surface area contributed by atoms with E-state index in [1.165, 1.54) is 0 Å². The van der Waals surface area contributed by atoms with E-state index in [0.29, 0.717) is 6.54 Å². The number of carbonyl (C=O) groups excluding carboxylic acids is 1. The monoisotopic (exact) mass is 206 g/mol. The predicted octanol–water partition coefficient (Wildman–Crippen LogP) is 2.14. The van der Waals surface area contributed by atoms with E-state index >= 15 is 0 Å². The molecule has 0 aliphatic rings. The molecule has 0 saturated carbocycles. The van der Waals surface area contributed by atoms with Crippen LogP contribution < -0.4 is 0 Å². The molecule has 0 aliphatic carbocycles. The summed E-state index contributed by atoms with van der Waals surface area (Å²) in [5, 5.41) is 1.94. The minimum Gasteiger partial charge on any atom is -0.330 e. The Hall–Kier alpha value is -1.42. The lowest BCUT2D eigenvalue weighted by molar-refractivity contribution is 0.0972. The molecule has 0 atom stereocenters. The van der Waals surface area contributed by atoms with Crippen molar-refractivity contribution in [1.29, 1.82) is 0 Å². The molecular formula is C10H10N2OS. The second-order valence-electron chi connectivity index (χ2n) is 3.05. The number of thiophene rings is 1. The molecule has 0 saturated heterocycles. The van der Waals surface area contributed by atoms with Gasteiger partial charge in [0.2, 0.25) is 0 Å². The third kappa shape index (κ3) is 1.75. The van der Waals surface area contributed by atoms with E-state index in [1.807, 2.05) is 18.4 Å². The average molecular weight is 206 g/mol. The number of Topliss-reactive ketones (excluding diaryl/α,β-unsaturated/α-hetero) is 1. The van der Waals surface area contributed by atoms with Gasteiger partial charge < -0.3 is 4.57 Å². The van der Waals surface area contributed by atoms with Gasteiger partial charge in [-0.2, -0.15) is 0 Å². The van der Waals surface area contributed by atoms with Crippen molar-refractivity contribution >= 4 is 17.1 Å². The second-order valence-corrected chi connectivity index (χ2v) is 4.17.